The zero-order valence-corrected chi connectivity index (χ0v) is 17.0. The zero-order valence-electron chi connectivity index (χ0n) is 17.0. The molecule has 166 valence electrons. The summed E-state index contributed by atoms with van der Waals surface area (Å²) < 4.78 is 34.6. The van der Waals surface area contributed by atoms with Gasteiger partial charge in [-0.2, -0.15) is 9.78 Å². The maximum absolute atomic E-state index is 14.4. The molecule has 2 N–H and O–H groups in total. The summed E-state index contributed by atoms with van der Waals surface area (Å²) in [5.41, 5.74) is 0.496. The normalized spacial score (nSPS) is 14.1. The van der Waals surface area contributed by atoms with Gasteiger partial charge in [-0.15, -0.1) is 0 Å². The molecule has 32 heavy (non-hydrogen) atoms. The van der Waals surface area contributed by atoms with Crippen molar-refractivity contribution in [2.45, 2.75) is 25.3 Å². The summed E-state index contributed by atoms with van der Waals surface area (Å²) in [6, 6.07) is 11.7. The Bertz CT molecular complexity index is 1130. The monoisotopic (exact) mass is 441 g/mol. The van der Waals surface area contributed by atoms with Crippen LogP contribution in [-0.4, -0.2) is 33.4 Å². The lowest BCUT2D eigenvalue weighted by atomic mass is 10.0. The van der Waals surface area contributed by atoms with E-state index < -0.39 is 36.0 Å². The molecular weight excluding hydrogens is 420 g/mol. The number of para-hydroxylation sites is 1. The summed E-state index contributed by atoms with van der Waals surface area (Å²) in [7, 11) is 0. The molecular formula is C23H21F2N3O4. The van der Waals surface area contributed by atoms with Crippen LogP contribution in [0.2, 0.25) is 0 Å². The number of nitrogens with one attached hydrogen (secondary N) is 1. The molecule has 1 atom stereocenters. The predicted octanol–water partition coefficient (Wildman–Crippen LogP) is 3.89. The second-order valence-electron chi connectivity index (χ2n) is 7.66. The molecule has 1 amide bonds. The Kier molecular flexibility index (Phi) is 6.16. The summed E-state index contributed by atoms with van der Waals surface area (Å²) >= 11 is 0. The highest BCUT2D eigenvalue weighted by atomic mass is 19.1. The van der Waals surface area contributed by atoms with E-state index in [0.29, 0.717) is 18.1 Å². The minimum Gasteiger partial charge on any atom is -0.481 e. The summed E-state index contributed by atoms with van der Waals surface area (Å²) in [4.78, 5) is 24.2. The van der Waals surface area contributed by atoms with Gasteiger partial charge >= 0.3 is 5.97 Å². The lowest BCUT2D eigenvalue weighted by Gasteiger charge is -2.16. The van der Waals surface area contributed by atoms with Crippen LogP contribution in [0.3, 0.4) is 0 Å². The van der Waals surface area contributed by atoms with Gasteiger partial charge in [-0.05, 0) is 48.6 Å². The van der Waals surface area contributed by atoms with Crippen LogP contribution in [0.4, 0.5) is 8.78 Å². The van der Waals surface area contributed by atoms with Crippen molar-refractivity contribution in [2.24, 2.45) is 5.92 Å². The van der Waals surface area contributed by atoms with Crippen LogP contribution in [-0.2, 0) is 4.79 Å². The van der Waals surface area contributed by atoms with Crippen molar-refractivity contribution in [2.75, 3.05) is 6.61 Å². The number of rotatable bonds is 9. The third-order valence-electron chi connectivity index (χ3n) is 5.11. The molecule has 0 spiro atoms. The molecule has 0 radical (unpaired) electrons. The molecule has 1 aliphatic carbocycles. The Balaban J connectivity index is 1.61. The van der Waals surface area contributed by atoms with Gasteiger partial charge in [0.1, 0.15) is 17.3 Å². The first-order chi connectivity index (χ1) is 15.4. The number of benzene rings is 2. The van der Waals surface area contributed by atoms with Gasteiger partial charge in [-0.3, -0.25) is 9.59 Å². The fraction of sp³-hybridized carbons (Fsp3) is 0.261. The van der Waals surface area contributed by atoms with E-state index in [0.717, 1.165) is 12.8 Å². The lowest BCUT2D eigenvalue weighted by molar-refractivity contribution is -0.137. The Morgan fingerprint density at radius 3 is 2.53 bits per heavy atom. The summed E-state index contributed by atoms with van der Waals surface area (Å²) in [6.07, 6.45) is 1.70. The Hall–Kier alpha value is -3.75. The molecule has 1 heterocycles. The van der Waals surface area contributed by atoms with Crippen LogP contribution >= 0.6 is 0 Å². The van der Waals surface area contributed by atoms with E-state index in [1.807, 2.05) is 0 Å². The second-order valence-corrected chi connectivity index (χ2v) is 7.66. The predicted molar refractivity (Wildman–Crippen MR) is 111 cm³/mol. The van der Waals surface area contributed by atoms with Crippen molar-refractivity contribution in [1.29, 1.82) is 0 Å². The van der Waals surface area contributed by atoms with Gasteiger partial charge in [0.05, 0.1) is 19.1 Å². The number of hydrogen-bond acceptors (Lipinski definition) is 4. The van der Waals surface area contributed by atoms with E-state index in [9.17, 15) is 23.5 Å². The van der Waals surface area contributed by atoms with Crippen LogP contribution in [0.15, 0.2) is 54.6 Å². The largest absolute Gasteiger partial charge is 0.481 e. The number of carboxylic acid groups (broad SMARTS) is 1. The standard InChI is InChI=1S/C23H21F2N3O4/c24-16-9-7-15(8-10-16)18(12-22(29)30)26-23(31)19-11-21(32-13-14-5-6-14)28(27-19)20-4-2-1-3-17(20)25/h1-4,7-11,14,18H,5-6,12-13H2,(H,26,31)(H,29,30). The van der Waals surface area contributed by atoms with Gasteiger partial charge in [0.2, 0.25) is 5.88 Å². The highest BCUT2D eigenvalue weighted by Gasteiger charge is 2.26. The maximum Gasteiger partial charge on any atom is 0.305 e. The average Bonchev–Trinajstić information content (AvgIpc) is 3.50. The van der Waals surface area contributed by atoms with E-state index in [4.69, 9.17) is 4.74 Å². The molecule has 3 aromatic rings. The number of nitrogens with zero attached hydrogens (tertiary/aromatic N) is 2. The first kappa shape index (κ1) is 21.5. The number of carboxylic acids is 1. The number of halogens is 2. The number of aromatic nitrogens is 2. The molecule has 2 aromatic carbocycles. The summed E-state index contributed by atoms with van der Waals surface area (Å²) in [6.45, 7) is 0.429. The molecule has 0 aliphatic heterocycles. The van der Waals surface area contributed by atoms with Crippen molar-refractivity contribution >= 4 is 11.9 Å². The highest BCUT2D eigenvalue weighted by molar-refractivity contribution is 5.93. The quantitative estimate of drug-likeness (QED) is 0.526. The molecule has 4 rings (SSSR count). The smallest absolute Gasteiger partial charge is 0.305 e. The van der Waals surface area contributed by atoms with Gasteiger partial charge in [0, 0.05) is 6.07 Å². The van der Waals surface area contributed by atoms with Crippen molar-refractivity contribution in [3.8, 4) is 11.6 Å². The minimum absolute atomic E-state index is 0.0587. The fourth-order valence-corrected chi connectivity index (χ4v) is 3.22. The molecule has 1 fully saturated rings. The maximum atomic E-state index is 14.4. The molecule has 1 saturated carbocycles. The Labute approximate surface area is 182 Å². The first-order valence-electron chi connectivity index (χ1n) is 10.2. The summed E-state index contributed by atoms with van der Waals surface area (Å²) in [5.74, 6) is -2.17. The van der Waals surface area contributed by atoms with Gasteiger partial charge < -0.3 is 15.2 Å². The van der Waals surface area contributed by atoms with Gasteiger partial charge in [-0.25, -0.2) is 8.78 Å². The van der Waals surface area contributed by atoms with Gasteiger partial charge in [0.15, 0.2) is 5.69 Å². The average molecular weight is 441 g/mol. The minimum atomic E-state index is -1.13. The topological polar surface area (TPSA) is 93.5 Å². The van der Waals surface area contributed by atoms with E-state index in [1.165, 1.54) is 47.1 Å². The number of carbonyl (C=O) groups is 2. The third-order valence-corrected chi connectivity index (χ3v) is 5.11. The van der Waals surface area contributed by atoms with Crippen LogP contribution in [0.1, 0.15) is 41.4 Å². The van der Waals surface area contributed by atoms with Crippen molar-refractivity contribution in [3.05, 3.63) is 77.5 Å². The SMILES string of the molecule is O=C(O)CC(NC(=O)c1cc(OCC2CC2)n(-c2ccccc2F)n1)c1ccc(F)cc1. The van der Waals surface area contributed by atoms with Crippen molar-refractivity contribution in [1.82, 2.24) is 15.1 Å². The highest BCUT2D eigenvalue weighted by Crippen LogP contribution is 2.31. The number of hydrogen-bond donors (Lipinski definition) is 2. The molecule has 7 nitrogen and oxygen atoms in total. The van der Waals surface area contributed by atoms with E-state index in [1.54, 1.807) is 12.1 Å². The Morgan fingerprint density at radius 1 is 1.16 bits per heavy atom. The molecule has 1 aliphatic rings. The lowest BCUT2D eigenvalue weighted by Crippen LogP contribution is -2.30. The van der Waals surface area contributed by atoms with Crippen LogP contribution in [0.5, 0.6) is 5.88 Å². The second kappa shape index (κ2) is 9.17. The third kappa shape index (κ3) is 5.11. The van der Waals surface area contributed by atoms with E-state index in [-0.39, 0.29) is 17.3 Å². The Morgan fingerprint density at radius 2 is 1.88 bits per heavy atom. The van der Waals surface area contributed by atoms with E-state index >= 15 is 0 Å². The zero-order chi connectivity index (χ0) is 22.7. The summed E-state index contributed by atoms with van der Waals surface area (Å²) in [5, 5.41) is 16.1. The fourth-order valence-electron chi connectivity index (χ4n) is 3.22. The van der Waals surface area contributed by atoms with Crippen molar-refractivity contribution < 1.29 is 28.2 Å². The molecule has 0 saturated heterocycles. The van der Waals surface area contributed by atoms with Crippen LogP contribution < -0.4 is 10.1 Å². The number of ether oxygens (including phenoxy) is 1. The first-order valence-corrected chi connectivity index (χ1v) is 10.2. The van der Waals surface area contributed by atoms with Crippen LogP contribution in [0.25, 0.3) is 5.69 Å². The van der Waals surface area contributed by atoms with Gasteiger partial charge in [0.25, 0.3) is 5.91 Å². The molecule has 1 aromatic heterocycles. The number of aliphatic carboxylic acids is 1. The molecule has 1 unspecified atom stereocenters. The number of amides is 1. The van der Waals surface area contributed by atoms with Crippen LogP contribution in [0, 0.1) is 17.6 Å². The molecule has 9 heteroatoms. The van der Waals surface area contributed by atoms with Gasteiger partial charge in [-0.1, -0.05) is 24.3 Å². The number of carbonyl (C=O) groups excluding carboxylic acids is 1. The molecule has 0 bridgehead atoms. The van der Waals surface area contributed by atoms with E-state index in [2.05, 4.69) is 10.4 Å². The van der Waals surface area contributed by atoms with Crippen molar-refractivity contribution in [3.63, 3.8) is 0 Å².